The third kappa shape index (κ3) is 3.63. The summed E-state index contributed by atoms with van der Waals surface area (Å²) in [5, 5.41) is 6.65. The van der Waals surface area contributed by atoms with Gasteiger partial charge >= 0.3 is 6.18 Å². The summed E-state index contributed by atoms with van der Waals surface area (Å²) in [6.07, 6.45) is -2.57. The van der Waals surface area contributed by atoms with Crippen molar-refractivity contribution in [2.45, 2.75) is 38.9 Å². The predicted molar refractivity (Wildman–Crippen MR) is 89.2 cm³/mol. The molecule has 8 heteroatoms. The number of hydrogen-bond donors (Lipinski definition) is 1. The van der Waals surface area contributed by atoms with Gasteiger partial charge in [0.05, 0.1) is 11.3 Å². The zero-order chi connectivity index (χ0) is 19.1. The maximum atomic E-state index is 13.3. The third-order valence-electron chi connectivity index (χ3n) is 4.45. The average Bonchev–Trinajstić information content (AvgIpc) is 3.39. The molecule has 1 N–H and O–H groups in total. The number of carbonyl (C=O) groups excluding carboxylic acids is 1. The summed E-state index contributed by atoms with van der Waals surface area (Å²) in [4.78, 5) is 24.5. The van der Waals surface area contributed by atoms with E-state index in [0.717, 1.165) is 29.7 Å². The van der Waals surface area contributed by atoms with Crippen LogP contribution < -0.4 is 10.7 Å². The molecular weight excluding hydrogens is 347 g/mol. The fraction of sp³-hybridized carbons (Fsp3) is 0.389. The van der Waals surface area contributed by atoms with Crippen molar-refractivity contribution in [3.05, 3.63) is 57.5 Å². The van der Waals surface area contributed by atoms with Gasteiger partial charge in [-0.3, -0.25) is 9.59 Å². The van der Waals surface area contributed by atoms with Crippen LogP contribution in [0.1, 0.15) is 41.5 Å². The highest BCUT2D eigenvalue weighted by molar-refractivity contribution is 5.92. The molecule has 5 nitrogen and oxygen atoms in total. The van der Waals surface area contributed by atoms with Crippen LogP contribution in [0.25, 0.3) is 5.69 Å². The number of hydrogen-bond acceptors (Lipinski definition) is 3. The number of aryl methyl sites for hydroxylation is 1. The van der Waals surface area contributed by atoms with E-state index in [4.69, 9.17) is 0 Å². The van der Waals surface area contributed by atoms with Gasteiger partial charge in [-0.25, -0.2) is 4.68 Å². The molecule has 1 atom stereocenters. The number of carbonyl (C=O) groups is 1. The largest absolute Gasteiger partial charge is 0.418 e. The van der Waals surface area contributed by atoms with Crippen molar-refractivity contribution in [1.82, 2.24) is 15.1 Å². The zero-order valence-electron chi connectivity index (χ0n) is 14.3. The van der Waals surface area contributed by atoms with E-state index in [1.54, 1.807) is 0 Å². The van der Waals surface area contributed by atoms with Gasteiger partial charge in [0.25, 0.3) is 5.91 Å². The molecule has 3 rings (SSSR count). The van der Waals surface area contributed by atoms with Crippen molar-refractivity contribution in [1.29, 1.82) is 0 Å². The van der Waals surface area contributed by atoms with Crippen molar-refractivity contribution in [2.24, 2.45) is 5.92 Å². The molecule has 1 aliphatic rings. The standard InChI is InChI=1S/C18H18F3N3O2/c1-10-9-15(25)16(17(26)22-11(2)12-7-8-12)23-24(10)14-6-4-3-5-13(14)18(19,20)21/h3-6,9,11-12H,7-8H2,1-2H3,(H,22,26)/t11-/m0/s1. The van der Waals surface area contributed by atoms with E-state index in [1.165, 1.54) is 25.1 Å². The van der Waals surface area contributed by atoms with E-state index in [2.05, 4.69) is 10.4 Å². The highest BCUT2D eigenvalue weighted by atomic mass is 19.4. The topological polar surface area (TPSA) is 64.0 Å². The Morgan fingerprint density at radius 2 is 1.96 bits per heavy atom. The smallest absolute Gasteiger partial charge is 0.348 e. The Kier molecular flexibility index (Phi) is 4.60. The molecule has 0 spiro atoms. The molecule has 1 fully saturated rings. The highest BCUT2D eigenvalue weighted by Crippen LogP contribution is 2.34. The van der Waals surface area contributed by atoms with Crippen molar-refractivity contribution in [3.8, 4) is 5.69 Å². The Labute approximate surface area is 147 Å². The second-order valence-electron chi connectivity index (χ2n) is 6.52. The Hall–Kier alpha value is -2.64. The molecule has 0 aliphatic heterocycles. The molecule has 1 saturated carbocycles. The Morgan fingerprint density at radius 3 is 2.58 bits per heavy atom. The second kappa shape index (κ2) is 6.59. The van der Waals surface area contributed by atoms with Gasteiger partial charge in [0.2, 0.25) is 5.43 Å². The lowest BCUT2D eigenvalue weighted by Crippen LogP contribution is -2.38. The van der Waals surface area contributed by atoms with Gasteiger partial charge in [-0.05, 0) is 44.7 Å². The first kappa shape index (κ1) is 18.2. The molecule has 0 saturated heterocycles. The maximum Gasteiger partial charge on any atom is 0.418 e. The van der Waals surface area contributed by atoms with Crippen molar-refractivity contribution >= 4 is 5.91 Å². The Bertz CT molecular complexity index is 901. The van der Waals surface area contributed by atoms with Gasteiger partial charge in [0, 0.05) is 17.8 Å². The molecule has 0 radical (unpaired) electrons. The molecule has 26 heavy (non-hydrogen) atoms. The van der Waals surface area contributed by atoms with E-state index in [-0.39, 0.29) is 17.4 Å². The fourth-order valence-electron chi connectivity index (χ4n) is 2.84. The molecular formula is C18H18F3N3O2. The summed E-state index contributed by atoms with van der Waals surface area (Å²) in [6, 6.07) is 5.91. The summed E-state index contributed by atoms with van der Waals surface area (Å²) in [5.74, 6) is -0.301. The molecule has 0 bridgehead atoms. The van der Waals surface area contributed by atoms with Gasteiger partial charge in [-0.2, -0.15) is 18.3 Å². The molecule has 1 aromatic heterocycles. The van der Waals surface area contributed by atoms with Crippen LogP contribution in [-0.2, 0) is 6.18 Å². The van der Waals surface area contributed by atoms with Crippen LogP contribution in [0.5, 0.6) is 0 Å². The zero-order valence-corrected chi connectivity index (χ0v) is 14.3. The first-order chi connectivity index (χ1) is 12.2. The molecule has 1 amide bonds. The molecule has 1 heterocycles. The van der Waals surface area contributed by atoms with Crippen LogP contribution in [0.2, 0.25) is 0 Å². The van der Waals surface area contributed by atoms with Gasteiger partial charge in [-0.1, -0.05) is 12.1 Å². The summed E-state index contributed by atoms with van der Waals surface area (Å²) >= 11 is 0. The number of nitrogens with zero attached hydrogens (tertiary/aromatic N) is 2. The van der Waals surface area contributed by atoms with E-state index >= 15 is 0 Å². The second-order valence-corrected chi connectivity index (χ2v) is 6.52. The Morgan fingerprint density at radius 1 is 1.31 bits per heavy atom. The number of aromatic nitrogens is 2. The van der Waals surface area contributed by atoms with Gasteiger partial charge in [-0.15, -0.1) is 0 Å². The minimum atomic E-state index is -4.59. The lowest BCUT2D eigenvalue weighted by molar-refractivity contribution is -0.137. The van der Waals surface area contributed by atoms with E-state index < -0.39 is 28.8 Å². The fourth-order valence-corrected chi connectivity index (χ4v) is 2.84. The summed E-state index contributed by atoms with van der Waals surface area (Å²) in [6.45, 7) is 3.30. The lowest BCUT2D eigenvalue weighted by Gasteiger charge is -2.17. The van der Waals surface area contributed by atoms with Gasteiger partial charge in [0.15, 0.2) is 5.69 Å². The number of para-hydroxylation sites is 1. The van der Waals surface area contributed by atoms with Crippen LogP contribution in [0, 0.1) is 12.8 Å². The van der Waals surface area contributed by atoms with Crippen LogP contribution in [-0.4, -0.2) is 21.7 Å². The minimum absolute atomic E-state index is 0.110. The van der Waals surface area contributed by atoms with E-state index in [1.807, 2.05) is 6.92 Å². The first-order valence-electron chi connectivity index (χ1n) is 8.27. The number of alkyl halides is 3. The van der Waals surface area contributed by atoms with Crippen molar-refractivity contribution in [3.63, 3.8) is 0 Å². The minimum Gasteiger partial charge on any atom is -0.348 e. The van der Waals surface area contributed by atoms with Crippen molar-refractivity contribution < 1.29 is 18.0 Å². The van der Waals surface area contributed by atoms with E-state index in [9.17, 15) is 22.8 Å². The van der Waals surface area contributed by atoms with Crippen molar-refractivity contribution in [2.75, 3.05) is 0 Å². The van der Waals surface area contributed by atoms with Gasteiger partial charge < -0.3 is 5.32 Å². The summed E-state index contributed by atoms with van der Waals surface area (Å²) < 4.78 is 40.9. The van der Waals surface area contributed by atoms with Crippen LogP contribution in [0.15, 0.2) is 35.1 Å². The highest BCUT2D eigenvalue weighted by Gasteiger charge is 2.34. The van der Waals surface area contributed by atoms with Crippen LogP contribution >= 0.6 is 0 Å². The molecule has 0 unspecified atom stereocenters. The number of benzene rings is 1. The van der Waals surface area contributed by atoms with Crippen LogP contribution in [0.4, 0.5) is 13.2 Å². The lowest BCUT2D eigenvalue weighted by atomic mass is 10.1. The number of amides is 1. The molecule has 138 valence electrons. The summed E-state index contributed by atoms with van der Waals surface area (Å²) in [5.41, 5.74) is -1.96. The number of rotatable bonds is 4. The normalized spacial score (nSPS) is 15.6. The first-order valence-corrected chi connectivity index (χ1v) is 8.27. The summed E-state index contributed by atoms with van der Waals surface area (Å²) in [7, 11) is 0. The van der Waals surface area contributed by atoms with Gasteiger partial charge in [0.1, 0.15) is 0 Å². The third-order valence-corrected chi connectivity index (χ3v) is 4.45. The quantitative estimate of drug-likeness (QED) is 0.906. The maximum absolute atomic E-state index is 13.3. The Balaban J connectivity index is 2.04. The predicted octanol–water partition coefficient (Wildman–Crippen LogP) is 3.09. The molecule has 1 aliphatic carbocycles. The molecule has 2 aromatic rings. The number of nitrogens with one attached hydrogen (secondary N) is 1. The molecule has 1 aromatic carbocycles. The average molecular weight is 365 g/mol. The van der Waals surface area contributed by atoms with Crippen LogP contribution in [0.3, 0.4) is 0 Å². The van der Waals surface area contributed by atoms with E-state index in [0.29, 0.717) is 5.92 Å². The monoisotopic (exact) mass is 365 g/mol. The number of halogens is 3. The SMILES string of the molecule is Cc1cc(=O)c(C(=O)N[C@@H](C)C2CC2)nn1-c1ccccc1C(F)(F)F.